The summed E-state index contributed by atoms with van der Waals surface area (Å²) in [6.45, 7) is 5.38. The van der Waals surface area contributed by atoms with Crippen molar-refractivity contribution in [3.05, 3.63) is 45.6 Å². The van der Waals surface area contributed by atoms with Gasteiger partial charge in [0.1, 0.15) is 6.10 Å². The summed E-state index contributed by atoms with van der Waals surface area (Å²) < 4.78 is 5.52. The zero-order valence-corrected chi connectivity index (χ0v) is 12.2. The second kappa shape index (κ2) is 6.81. The van der Waals surface area contributed by atoms with E-state index in [2.05, 4.69) is 0 Å². The first kappa shape index (κ1) is 15.1. The molecule has 0 radical (unpaired) electrons. The third-order valence-electron chi connectivity index (χ3n) is 2.62. The van der Waals surface area contributed by atoms with Gasteiger partial charge in [-0.3, -0.25) is 4.79 Å². The molecule has 18 heavy (non-hydrogen) atoms. The first-order valence-corrected chi connectivity index (χ1v) is 6.52. The van der Waals surface area contributed by atoms with E-state index >= 15 is 0 Å². The Labute approximate surface area is 118 Å². The van der Waals surface area contributed by atoms with E-state index in [1.54, 1.807) is 25.1 Å². The van der Waals surface area contributed by atoms with E-state index in [0.29, 0.717) is 22.0 Å². The predicted molar refractivity (Wildman–Crippen MR) is 75.0 cm³/mol. The lowest BCUT2D eigenvalue weighted by Gasteiger charge is -2.15. The normalized spacial score (nSPS) is 13.3. The number of carbonyl (C=O) groups is 1. The van der Waals surface area contributed by atoms with Gasteiger partial charge in [0.25, 0.3) is 0 Å². The predicted octanol–water partition coefficient (Wildman–Crippen LogP) is 4.95. The Kier molecular flexibility index (Phi) is 5.70. The summed E-state index contributed by atoms with van der Waals surface area (Å²) in [5.41, 5.74) is 1.32. The lowest BCUT2D eigenvalue weighted by molar-refractivity contribution is -0.115. The van der Waals surface area contributed by atoms with Crippen molar-refractivity contribution in [2.45, 2.75) is 33.3 Å². The molecule has 1 rings (SSSR count). The molecular weight excluding hydrogens is 271 g/mol. The average molecular weight is 287 g/mol. The van der Waals surface area contributed by atoms with Crippen molar-refractivity contribution in [1.29, 1.82) is 0 Å². The van der Waals surface area contributed by atoms with Crippen LogP contribution in [0.5, 0.6) is 0 Å². The number of carbonyl (C=O) groups excluding carboxylic acids is 1. The van der Waals surface area contributed by atoms with Gasteiger partial charge in [-0.25, -0.2) is 0 Å². The molecule has 0 aliphatic carbocycles. The van der Waals surface area contributed by atoms with Crippen LogP contribution in [0.1, 0.15) is 38.9 Å². The number of hydrogen-bond donors (Lipinski definition) is 0. The number of benzene rings is 1. The SMILES string of the molecule is CCC(=O)/C(C)=C/OC(C)c1c(Cl)cccc1Cl. The smallest absolute Gasteiger partial charge is 0.161 e. The van der Waals surface area contributed by atoms with Crippen LogP contribution in [0.25, 0.3) is 0 Å². The molecule has 0 aromatic heterocycles. The minimum Gasteiger partial charge on any atom is -0.493 e. The molecule has 2 nitrogen and oxygen atoms in total. The molecule has 0 saturated carbocycles. The van der Waals surface area contributed by atoms with Gasteiger partial charge in [0.05, 0.1) is 6.26 Å². The molecule has 1 atom stereocenters. The van der Waals surface area contributed by atoms with Gasteiger partial charge in [-0.2, -0.15) is 0 Å². The Balaban J connectivity index is 2.83. The van der Waals surface area contributed by atoms with Gasteiger partial charge in [0.2, 0.25) is 0 Å². The summed E-state index contributed by atoms with van der Waals surface area (Å²) >= 11 is 12.2. The number of Topliss-reactive ketones (excluding diaryl/α,β-unsaturated/α-hetero) is 1. The standard InChI is InChI=1S/C14H16Cl2O2/c1-4-13(17)9(2)8-18-10(3)14-11(15)6-5-7-12(14)16/h5-8,10H,4H2,1-3H3/b9-8+. The van der Waals surface area contributed by atoms with Crippen LogP contribution in [-0.2, 0) is 9.53 Å². The third kappa shape index (κ3) is 3.76. The molecule has 0 N–H and O–H groups in total. The summed E-state index contributed by atoms with van der Waals surface area (Å²) in [6, 6.07) is 5.30. The highest BCUT2D eigenvalue weighted by atomic mass is 35.5. The van der Waals surface area contributed by atoms with Gasteiger partial charge in [0.15, 0.2) is 5.78 Å². The summed E-state index contributed by atoms with van der Waals surface area (Å²) in [4.78, 5) is 11.4. The molecule has 1 aromatic carbocycles. The van der Waals surface area contributed by atoms with E-state index in [1.807, 2.05) is 13.8 Å². The van der Waals surface area contributed by atoms with E-state index in [-0.39, 0.29) is 11.9 Å². The van der Waals surface area contributed by atoms with Crippen LogP contribution in [-0.4, -0.2) is 5.78 Å². The highest BCUT2D eigenvalue weighted by molar-refractivity contribution is 6.36. The molecular formula is C14H16Cl2O2. The van der Waals surface area contributed by atoms with Crippen molar-refractivity contribution >= 4 is 29.0 Å². The van der Waals surface area contributed by atoms with Crippen LogP contribution in [0.2, 0.25) is 10.0 Å². The minimum absolute atomic E-state index is 0.0625. The highest BCUT2D eigenvalue weighted by Crippen LogP contribution is 2.32. The first-order chi connectivity index (χ1) is 8.47. The van der Waals surface area contributed by atoms with Crippen LogP contribution in [0.3, 0.4) is 0 Å². The monoisotopic (exact) mass is 286 g/mol. The Hall–Kier alpha value is -0.990. The molecule has 98 valence electrons. The fraction of sp³-hybridized carbons (Fsp3) is 0.357. The van der Waals surface area contributed by atoms with E-state index in [0.717, 1.165) is 5.56 Å². The van der Waals surface area contributed by atoms with Crippen LogP contribution in [0.4, 0.5) is 0 Å². The van der Waals surface area contributed by atoms with Crippen LogP contribution >= 0.6 is 23.2 Å². The maximum Gasteiger partial charge on any atom is 0.161 e. The van der Waals surface area contributed by atoms with E-state index in [1.165, 1.54) is 6.26 Å². The van der Waals surface area contributed by atoms with Gasteiger partial charge < -0.3 is 4.74 Å². The Morgan fingerprint density at radius 3 is 2.44 bits per heavy atom. The molecule has 0 bridgehead atoms. The molecule has 1 unspecified atom stereocenters. The minimum atomic E-state index is -0.300. The fourth-order valence-corrected chi connectivity index (χ4v) is 2.22. The van der Waals surface area contributed by atoms with E-state index in [9.17, 15) is 4.79 Å². The summed E-state index contributed by atoms with van der Waals surface area (Å²) in [5, 5.41) is 1.12. The first-order valence-electron chi connectivity index (χ1n) is 5.76. The van der Waals surface area contributed by atoms with E-state index < -0.39 is 0 Å². The molecule has 0 saturated heterocycles. The molecule has 0 amide bonds. The van der Waals surface area contributed by atoms with Crippen molar-refractivity contribution in [2.24, 2.45) is 0 Å². The molecule has 0 heterocycles. The Bertz CT molecular complexity index is 447. The van der Waals surface area contributed by atoms with Crippen molar-refractivity contribution in [3.63, 3.8) is 0 Å². The molecule has 0 aliphatic heterocycles. The zero-order valence-electron chi connectivity index (χ0n) is 10.7. The molecule has 0 fully saturated rings. The second-order valence-corrected chi connectivity index (χ2v) is 4.81. The number of ether oxygens (including phenoxy) is 1. The Morgan fingerprint density at radius 2 is 1.94 bits per heavy atom. The second-order valence-electron chi connectivity index (χ2n) is 3.99. The van der Waals surface area contributed by atoms with Crippen LogP contribution in [0, 0.1) is 0 Å². The van der Waals surface area contributed by atoms with Gasteiger partial charge in [-0.15, -0.1) is 0 Å². The lowest BCUT2D eigenvalue weighted by atomic mass is 10.1. The van der Waals surface area contributed by atoms with Gasteiger partial charge in [0, 0.05) is 27.6 Å². The van der Waals surface area contributed by atoms with Crippen molar-refractivity contribution in [3.8, 4) is 0 Å². The largest absolute Gasteiger partial charge is 0.493 e. The molecule has 1 aromatic rings. The molecule has 0 aliphatic rings. The maximum absolute atomic E-state index is 11.4. The van der Waals surface area contributed by atoms with Crippen molar-refractivity contribution in [1.82, 2.24) is 0 Å². The lowest BCUT2D eigenvalue weighted by Crippen LogP contribution is -2.01. The van der Waals surface area contributed by atoms with Crippen molar-refractivity contribution in [2.75, 3.05) is 0 Å². The van der Waals surface area contributed by atoms with Crippen LogP contribution < -0.4 is 0 Å². The Morgan fingerprint density at radius 1 is 1.39 bits per heavy atom. The molecule has 0 spiro atoms. The van der Waals surface area contributed by atoms with Crippen LogP contribution in [0.15, 0.2) is 30.0 Å². The maximum atomic E-state index is 11.4. The summed E-state index contributed by atoms with van der Waals surface area (Å²) in [6.07, 6.45) is 1.63. The highest BCUT2D eigenvalue weighted by Gasteiger charge is 2.14. The quantitative estimate of drug-likeness (QED) is 0.565. The number of ketones is 1. The average Bonchev–Trinajstić information content (AvgIpc) is 2.34. The number of allylic oxidation sites excluding steroid dienone is 1. The summed E-state index contributed by atoms with van der Waals surface area (Å²) in [7, 11) is 0. The van der Waals surface area contributed by atoms with Gasteiger partial charge >= 0.3 is 0 Å². The number of halogens is 2. The summed E-state index contributed by atoms with van der Waals surface area (Å²) in [5.74, 6) is 0.0625. The van der Waals surface area contributed by atoms with Gasteiger partial charge in [-0.1, -0.05) is 36.2 Å². The van der Waals surface area contributed by atoms with Gasteiger partial charge in [-0.05, 0) is 26.0 Å². The topological polar surface area (TPSA) is 26.3 Å². The number of hydrogen-bond acceptors (Lipinski definition) is 2. The van der Waals surface area contributed by atoms with E-state index in [4.69, 9.17) is 27.9 Å². The third-order valence-corrected chi connectivity index (χ3v) is 3.28. The zero-order chi connectivity index (χ0) is 13.7. The molecule has 4 heteroatoms. The fourth-order valence-electron chi connectivity index (χ4n) is 1.52. The van der Waals surface area contributed by atoms with Crippen molar-refractivity contribution < 1.29 is 9.53 Å². The number of rotatable bonds is 5.